The van der Waals surface area contributed by atoms with Crippen LogP contribution in [-0.2, 0) is 65.4 Å². The van der Waals surface area contributed by atoms with E-state index in [1.54, 1.807) is 0 Å². The van der Waals surface area contributed by atoms with E-state index in [2.05, 4.69) is 48.5 Å². The molecule has 660 valence electrons. The van der Waals surface area contributed by atoms with Crippen molar-refractivity contribution in [2.75, 3.05) is 39.6 Å². The summed E-state index contributed by atoms with van der Waals surface area (Å²) in [4.78, 5) is 73.5. The zero-order chi connectivity index (χ0) is 81.5. The summed E-state index contributed by atoms with van der Waals surface area (Å²) in [7, 11) is -9.94. The Labute approximate surface area is 683 Å². The number of hydrogen-bond acceptors (Lipinski definition) is 15. The van der Waals surface area contributed by atoms with Gasteiger partial charge in [0.05, 0.1) is 26.4 Å². The molecule has 0 saturated heterocycles. The molecule has 0 saturated carbocycles. The Morgan fingerprint density at radius 3 is 0.685 bits per heavy atom. The molecule has 0 spiro atoms. The summed E-state index contributed by atoms with van der Waals surface area (Å²) in [6, 6.07) is 0. The largest absolute Gasteiger partial charge is 0.472 e. The van der Waals surface area contributed by atoms with Crippen molar-refractivity contribution in [2.24, 2.45) is 17.8 Å². The van der Waals surface area contributed by atoms with Gasteiger partial charge in [-0.05, 0) is 43.4 Å². The van der Waals surface area contributed by atoms with Gasteiger partial charge in [0.1, 0.15) is 19.3 Å². The van der Waals surface area contributed by atoms with E-state index in [-0.39, 0.29) is 25.7 Å². The summed E-state index contributed by atoms with van der Waals surface area (Å²) >= 11 is 0. The number of phosphoric acid groups is 2. The molecule has 0 radical (unpaired) electrons. The summed E-state index contributed by atoms with van der Waals surface area (Å²) in [6.45, 7) is 12.1. The second-order valence-corrected chi connectivity index (χ2v) is 37.2. The van der Waals surface area contributed by atoms with Gasteiger partial charge in [0.15, 0.2) is 12.2 Å². The van der Waals surface area contributed by atoms with Crippen molar-refractivity contribution >= 4 is 39.5 Å². The lowest BCUT2D eigenvalue weighted by atomic mass is 9.99. The summed E-state index contributed by atoms with van der Waals surface area (Å²) in [5, 5.41) is 10.7. The van der Waals surface area contributed by atoms with Gasteiger partial charge >= 0.3 is 39.5 Å². The molecule has 0 aliphatic heterocycles. The number of esters is 4. The van der Waals surface area contributed by atoms with Crippen molar-refractivity contribution in [3.05, 3.63) is 0 Å². The Morgan fingerprint density at radius 1 is 0.261 bits per heavy atom. The van der Waals surface area contributed by atoms with Crippen LogP contribution in [0.3, 0.4) is 0 Å². The average Bonchev–Trinajstić information content (AvgIpc) is 0.894. The highest BCUT2D eigenvalue weighted by Gasteiger charge is 2.31. The molecule has 0 fully saturated rings. The molecule has 0 aliphatic carbocycles. The second-order valence-electron chi connectivity index (χ2n) is 34.2. The fraction of sp³-hybridized carbons (Fsp3) is 0.957. The first-order valence-corrected chi connectivity index (χ1v) is 50.4. The molecule has 0 aromatic carbocycles. The zero-order valence-electron chi connectivity index (χ0n) is 73.4. The monoisotopic (exact) mass is 1620 g/mol. The molecule has 17 nitrogen and oxygen atoms in total. The predicted octanol–water partition coefficient (Wildman–Crippen LogP) is 28.4. The molecule has 0 rings (SSSR count). The van der Waals surface area contributed by atoms with Crippen LogP contribution in [0.25, 0.3) is 0 Å². The molecular formula is C92H180O17P2. The topological polar surface area (TPSA) is 237 Å². The molecular weight excluding hydrogens is 1440 g/mol. The minimum absolute atomic E-state index is 0.107. The van der Waals surface area contributed by atoms with Crippen LogP contribution in [0, 0.1) is 17.8 Å². The van der Waals surface area contributed by atoms with E-state index in [1.807, 2.05) is 0 Å². The third-order valence-corrected chi connectivity index (χ3v) is 23.9. The van der Waals surface area contributed by atoms with Gasteiger partial charge in [-0.25, -0.2) is 9.13 Å². The average molecular weight is 1620 g/mol. The number of hydrogen-bond donors (Lipinski definition) is 3. The number of carbonyl (C=O) groups excluding carboxylic acids is 4. The molecule has 19 heteroatoms. The highest BCUT2D eigenvalue weighted by Crippen LogP contribution is 2.45. The van der Waals surface area contributed by atoms with E-state index in [9.17, 15) is 43.2 Å². The standard InChI is InChI=1S/C92H180O17P2/c1-8-10-11-12-13-14-15-16-17-18-19-20-21-22-23-28-34-39-46-54-61-68-75-91(96)108-87(79-102-89(94)73-66-59-52-45-38-33-27-25-24-26-31-36-42-49-56-63-70-83(3)4)81-106-110(98,99)104-77-86(93)78-105-111(100,101)107-82-88(80-103-90(95)74-67-60-53-48-41-43-50-57-64-71-84(5)6)109-92(97)76-69-62-55-47-40-35-30-29-32-37-44-51-58-65-72-85(7)9-2/h83-88,93H,8-82H2,1-7H3,(H,98,99)(H,100,101)/t85?,86-,87-,88-/m1/s1. The van der Waals surface area contributed by atoms with E-state index in [0.717, 1.165) is 108 Å². The van der Waals surface area contributed by atoms with Crippen molar-refractivity contribution < 1.29 is 80.2 Å². The lowest BCUT2D eigenvalue weighted by Crippen LogP contribution is -2.30. The molecule has 111 heavy (non-hydrogen) atoms. The lowest BCUT2D eigenvalue weighted by Gasteiger charge is -2.21. The van der Waals surface area contributed by atoms with Gasteiger partial charge in [0.2, 0.25) is 0 Å². The Bertz CT molecular complexity index is 2130. The Balaban J connectivity index is 5.25. The molecule has 0 aliphatic rings. The highest BCUT2D eigenvalue weighted by atomic mass is 31.2. The molecule has 3 N–H and O–H groups in total. The SMILES string of the molecule is CCCCCCCCCCCCCCCCCCCCCCCCC(=O)O[C@H](COC(=O)CCCCCCCCCCCCCCCCCCC(C)C)COP(=O)(O)OC[C@@H](O)COP(=O)(O)OC[C@@H](COC(=O)CCCCCCCCCCCC(C)C)OC(=O)CCCCCCCCCCCCCCCCC(C)CC. The minimum Gasteiger partial charge on any atom is -0.462 e. The maximum absolute atomic E-state index is 13.2. The molecule has 3 unspecified atom stereocenters. The zero-order valence-corrected chi connectivity index (χ0v) is 75.2. The minimum atomic E-state index is -4.97. The normalized spacial score (nSPS) is 14.0. The van der Waals surface area contributed by atoms with Crippen LogP contribution in [0.1, 0.15) is 492 Å². The van der Waals surface area contributed by atoms with Gasteiger partial charge in [-0.15, -0.1) is 0 Å². The maximum atomic E-state index is 13.2. The quantitative estimate of drug-likeness (QED) is 0.0222. The van der Waals surface area contributed by atoms with E-state index in [4.69, 9.17) is 37.0 Å². The van der Waals surface area contributed by atoms with Crippen LogP contribution >= 0.6 is 15.6 Å². The molecule has 0 heterocycles. The fourth-order valence-corrected chi connectivity index (χ4v) is 16.0. The van der Waals surface area contributed by atoms with Crippen LogP contribution in [0.5, 0.6) is 0 Å². The Hall–Kier alpha value is -1.94. The number of aliphatic hydroxyl groups is 1. The van der Waals surface area contributed by atoms with Crippen LogP contribution in [0.2, 0.25) is 0 Å². The summed E-state index contributed by atoms with van der Waals surface area (Å²) in [6.07, 6.45) is 75.1. The van der Waals surface area contributed by atoms with Crippen molar-refractivity contribution in [1.82, 2.24) is 0 Å². The van der Waals surface area contributed by atoms with Crippen molar-refractivity contribution in [1.29, 1.82) is 0 Å². The van der Waals surface area contributed by atoms with Crippen LogP contribution in [-0.4, -0.2) is 96.7 Å². The van der Waals surface area contributed by atoms with Gasteiger partial charge in [0, 0.05) is 25.7 Å². The molecule has 0 amide bonds. The van der Waals surface area contributed by atoms with Gasteiger partial charge in [-0.2, -0.15) is 0 Å². The summed E-state index contributed by atoms with van der Waals surface area (Å²) in [5.74, 6) is 0.304. The maximum Gasteiger partial charge on any atom is 0.472 e. The van der Waals surface area contributed by atoms with E-state index in [0.29, 0.717) is 25.7 Å². The Morgan fingerprint density at radius 2 is 0.459 bits per heavy atom. The highest BCUT2D eigenvalue weighted by molar-refractivity contribution is 7.47. The third kappa shape index (κ3) is 84.3. The van der Waals surface area contributed by atoms with E-state index in [1.165, 1.54) is 302 Å². The fourth-order valence-electron chi connectivity index (χ4n) is 14.4. The number of unbranched alkanes of at least 4 members (excludes halogenated alkanes) is 57. The van der Waals surface area contributed by atoms with Crippen molar-refractivity contribution in [3.63, 3.8) is 0 Å². The van der Waals surface area contributed by atoms with Gasteiger partial charge in [-0.3, -0.25) is 37.3 Å². The smallest absolute Gasteiger partial charge is 0.462 e. The molecule has 6 atom stereocenters. The van der Waals surface area contributed by atoms with Gasteiger partial charge < -0.3 is 33.8 Å². The predicted molar refractivity (Wildman–Crippen MR) is 460 cm³/mol. The van der Waals surface area contributed by atoms with Crippen LogP contribution < -0.4 is 0 Å². The summed E-state index contributed by atoms with van der Waals surface area (Å²) < 4.78 is 69.1. The second kappa shape index (κ2) is 81.8. The van der Waals surface area contributed by atoms with Crippen molar-refractivity contribution in [3.8, 4) is 0 Å². The number of carbonyl (C=O) groups is 4. The van der Waals surface area contributed by atoms with E-state index >= 15 is 0 Å². The van der Waals surface area contributed by atoms with Gasteiger partial charge in [0.25, 0.3) is 0 Å². The van der Waals surface area contributed by atoms with Crippen molar-refractivity contribution in [2.45, 2.75) is 510 Å². The first-order valence-electron chi connectivity index (χ1n) is 47.4. The Kier molecular flexibility index (Phi) is 80.4. The number of ether oxygens (including phenoxy) is 4. The number of rotatable bonds is 90. The molecule has 0 bridgehead atoms. The van der Waals surface area contributed by atoms with E-state index < -0.39 is 97.5 Å². The molecule has 0 aromatic heterocycles. The molecule has 0 aromatic rings. The third-order valence-electron chi connectivity index (χ3n) is 22.0. The first kappa shape index (κ1) is 109. The first-order chi connectivity index (χ1) is 53.8. The van der Waals surface area contributed by atoms with Crippen LogP contribution in [0.15, 0.2) is 0 Å². The summed E-state index contributed by atoms with van der Waals surface area (Å²) in [5.41, 5.74) is 0. The number of aliphatic hydroxyl groups excluding tert-OH is 1. The lowest BCUT2D eigenvalue weighted by molar-refractivity contribution is -0.161. The number of phosphoric ester groups is 2. The van der Waals surface area contributed by atoms with Gasteiger partial charge in [-0.1, -0.05) is 440 Å². The van der Waals surface area contributed by atoms with Crippen LogP contribution in [0.4, 0.5) is 0 Å².